The van der Waals surface area contributed by atoms with Crippen molar-refractivity contribution in [3.63, 3.8) is 0 Å². The monoisotopic (exact) mass is 1470 g/mol. The first kappa shape index (κ1) is 85.3. The van der Waals surface area contributed by atoms with E-state index in [9.17, 15) is 0 Å². The normalized spacial score (nSPS) is 12.0. The van der Waals surface area contributed by atoms with Crippen molar-refractivity contribution in [2.45, 2.75) is 415 Å². The van der Waals surface area contributed by atoms with Crippen LogP contribution in [0.15, 0.2) is 48.5 Å². The van der Waals surface area contributed by atoms with Gasteiger partial charge in [0.2, 0.25) is 0 Å². The van der Waals surface area contributed by atoms with E-state index in [2.05, 4.69) is 114 Å². The van der Waals surface area contributed by atoms with Crippen molar-refractivity contribution in [2.24, 2.45) is 0 Å². The number of hydrogen-bond donors (Lipinski definition) is 2. The summed E-state index contributed by atoms with van der Waals surface area (Å²) in [5, 5.41) is 4.92. The molecule has 2 aliphatic rings. The minimum Gasteiger partial charge on any atom is -0.324 e. The van der Waals surface area contributed by atoms with Gasteiger partial charge in [0.1, 0.15) is 22.6 Å². The first-order valence-electron chi connectivity index (χ1n) is 44.8. The summed E-state index contributed by atoms with van der Waals surface area (Å²) in [6.07, 6.45) is 68.1. The molecule has 9 heteroatoms. The standard InChI is InChI=1S/C96H146N8.Ni/c1-9-17-25-33-41-49-57-73-65-66-74(58-50-42-34-26-18-10-2)82-81(73)89-97-90(82)102-92-85-77(61-53-45-37-29-21-13-5)69-70-78(62-54-46-38-30-22-14-6)86(85)94(99-92)104-96-88-80(64-56-48-40-32-24-16-8)72-71-79(63-55-47-39-31-23-15-7)87(88)95(100-96)103-93-84-76(60-52-44-36-28-20-12-4)68-67-75(83(84)91(98-93)101-89)59-51-43-35-27-19-11-3;/h65-72H,9-64H2,1-8H3,(H2,97,98,99,100,101,102,103,104);/q;+2. The molecule has 3 aromatic heterocycles. The second-order valence-electron chi connectivity index (χ2n) is 32.3. The van der Waals surface area contributed by atoms with Gasteiger partial charge in [-0.05, 0) is 147 Å². The van der Waals surface area contributed by atoms with Crippen LogP contribution in [0.5, 0.6) is 0 Å². The molecule has 7 aromatic rings. The zero-order valence-corrected chi connectivity index (χ0v) is 69.2. The molecule has 8 bridgehead atoms. The Morgan fingerprint density at radius 3 is 0.495 bits per heavy atom. The van der Waals surface area contributed by atoms with Crippen LogP contribution in [-0.4, -0.2) is 39.9 Å². The van der Waals surface area contributed by atoms with E-state index in [0.29, 0.717) is 0 Å². The molecule has 105 heavy (non-hydrogen) atoms. The van der Waals surface area contributed by atoms with Crippen molar-refractivity contribution < 1.29 is 16.5 Å². The molecule has 2 N–H and O–H groups in total. The SMILES string of the molecule is CCCCCCCCc1ccc(CCCCCCCC)c2c1-c1nc-2nc2[nH]c(nc3nc(nc4[nH]c(n1)c1c(CCCCCCCC)ccc(CCCCCCCC)c41)-c1c(CCCCCCCC)ccc(CCCCCCCC)c1-3)c1c(CCCCCCCC)ccc(CCCCCCCC)c21.[Ni+2]. The van der Waals surface area contributed by atoms with Crippen LogP contribution in [0.25, 0.3) is 89.7 Å². The van der Waals surface area contributed by atoms with E-state index < -0.39 is 0 Å². The van der Waals surface area contributed by atoms with Gasteiger partial charge < -0.3 is 9.97 Å². The van der Waals surface area contributed by atoms with Crippen molar-refractivity contribution in [1.82, 2.24) is 39.9 Å². The zero-order chi connectivity index (χ0) is 72.8. The van der Waals surface area contributed by atoms with Gasteiger partial charge in [-0.2, -0.15) is 0 Å². The molecule has 0 saturated heterocycles. The quantitative estimate of drug-likeness (QED) is 0.0290. The summed E-state index contributed by atoms with van der Waals surface area (Å²) < 4.78 is 0. The summed E-state index contributed by atoms with van der Waals surface area (Å²) >= 11 is 0. The van der Waals surface area contributed by atoms with E-state index in [1.807, 2.05) is 0 Å². The van der Waals surface area contributed by atoms with E-state index in [-0.39, 0.29) is 16.5 Å². The molecular formula is C96H146N8Ni+2. The zero-order valence-electron chi connectivity index (χ0n) is 68.2. The van der Waals surface area contributed by atoms with Crippen molar-refractivity contribution in [3.05, 3.63) is 93.0 Å². The Labute approximate surface area is 649 Å². The summed E-state index contributed by atoms with van der Waals surface area (Å²) in [5.41, 5.74) is 19.3. The molecule has 0 unspecified atom stereocenters. The molecule has 0 aliphatic carbocycles. The Balaban J connectivity index is 0.0000139. The average molecular weight is 1470 g/mol. The first-order chi connectivity index (χ1) is 51.4. The fourth-order valence-electron chi connectivity index (χ4n) is 17.3. The molecule has 0 amide bonds. The third-order valence-electron chi connectivity index (χ3n) is 23.5. The Morgan fingerprint density at radius 2 is 0.324 bits per heavy atom. The second-order valence-corrected chi connectivity index (χ2v) is 32.3. The van der Waals surface area contributed by atoms with Gasteiger partial charge in [-0.1, -0.05) is 361 Å². The van der Waals surface area contributed by atoms with E-state index in [1.165, 1.54) is 345 Å². The molecule has 4 aromatic carbocycles. The van der Waals surface area contributed by atoms with Crippen LogP contribution >= 0.6 is 0 Å². The maximum atomic E-state index is 6.14. The summed E-state index contributed by atoms with van der Waals surface area (Å²) in [5.74, 6) is 3.20. The molecular weight excluding hydrogens is 1320 g/mol. The smallest absolute Gasteiger partial charge is 0.324 e. The van der Waals surface area contributed by atoms with Gasteiger partial charge in [0.25, 0.3) is 0 Å². The van der Waals surface area contributed by atoms with Gasteiger partial charge in [-0.25, -0.2) is 29.9 Å². The molecule has 9 rings (SSSR count). The minimum absolute atomic E-state index is 0. The fourth-order valence-corrected chi connectivity index (χ4v) is 17.3. The summed E-state index contributed by atoms with van der Waals surface area (Å²) in [4.78, 5) is 44.9. The van der Waals surface area contributed by atoms with Crippen molar-refractivity contribution >= 4 is 44.1 Å². The van der Waals surface area contributed by atoms with Gasteiger partial charge in [0, 0.05) is 43.8 Å². The molecule has 0 atom stereocenters. The van der Waals surface area contributed by atoms with Crippen molar-refractivity contribution in [3.8, 4) is 45.6 Å². The van der Waals surface area contributed by atoms with Gasteiger partial charge in [-0.3, -0.25) is 0 Å². The number of rotatable bonds is 56. The van der Waals surface area contributed by atoms with Gasteiger partial charge in [-0.15, -0.1) is 0 Å². The van der Waals surface area contributed by atoms with Gasteiger partial charge >= 0.3 is 16.5 Å². The fraction of sp³-hybridized carbons (Fsp3) is 0.667. The molecule has 0 saturated carbocycles. The topological polar surface area (TPSA) is 109 Å². The molecule has 0 spiro atoms. The summed E-state index contributed by atoms with van der Waals surface area (Å²) in [7, 11) is 0. The van der Waals surface area contributed by atoms with Crippen LogP contribution in [0.1, 0.15) is 408 Å². The summed E-state index contributed by atoms with van der Waals surface area (Å²) in [6.45, 7) is 18.7. The number of nitrogens with one attached hydrogen (secondary N) is 2. The number of aromatic amines is 2. The number of nitrogens with zero attached hydrogens (tertiary/aromatic N) is 6. The number of benzene rings is 4. The van der Waals surface area contributed by atoms with Crippen LogP contribution in [-0.2, 0) is 67.9 Å². The van der Waals surface area contributed by atoms with E-state index in [1.54, 1.807) is 0 Å². The number of H-pyrrole nitrogens is 2. The predicted octanol–water partition coefficient (Wildman–Crippen LogP) is 30.1. The van der Waals surface area contributed by atoms with Crippen LogP contribution in [0.3, 0.4) is 0 Å². The van der Waals surface area contributed by atoms with Crippen molar-refractivity contribution in [1.29, 1.82) is 0 Å². The Hall–Kier alpha value is -5.27. The van der Waals surface area contributed by atoms with Crippen molar-refractivity contribution in [2.75, 3.05) is 0 Å². The largest absolute Gasteiger partial charge is 2.00 e. The minimum atomic E-state index is 0. The third-order valence-corrected chi connectivity index (χ3v) is 23.5. The van der Waals surface area contributed by atoms with E-state index in [4.69, 9.17) is 29.9 Å². The Kier molecular flexibility index (Phi) is 39.8. The molecule has 578 valence electrons. The number of aromatic nitrogens is 8. The Bertz CT molecular complexity index is 3330. The van der Waals surface area contributed by atoms with Crippen LogP contribution < -0.4 is 0 Å². The molecule has 0 fully saturated rings. The van der Waals surface area contributed by atoms with Gasteiger partial charge in [0.05, 0.1) is 0 Å². The second kappa shape index (κ2) is 49.0. The molecule has 8 nitrogen and oxygen atoms in total. The van der Waals surface area contributed by atoms with E-state index in [0.717, 1.165) is 149 Å². The number of fused-ring (bicyclic) bond motifs is 20. The molecule has 5 heterocycles. The first-order valence-corrected chi connectivity index (χ1v) is 44.8. The number of aryl methyl sites for hydroxylation is 8. The van der Waals surface area contributed by atoms with Gasteiger partial charge in [0.15, 0.2) is 23.3 Å². The maximum absolute atomic E-state index is 6.14. The van der Waals surface area contributed by atoms with Crippen LogP contribution in [0.4, 0.5) is 0 Å². The van der Waals surface area contributed by atoms with E-state index >= 15 is 0 Å². The van der Waals surface area contributed by atoms with Crippen LogP contribution in [0.2, 0.25) is 0 Å². The predicted molar refractivity (Wildman–Crippen MR) is 453 cm³/mol. The van der Waals surface area contributed by atoms with Crippen LogP contribution in [0, 0.1) is 0 Å². The maximum Gasteiger partial charge on any atom is 2.00 e. The number of hydrogen-bond acceptors (Lipinski definition) is 6. The summed E-state index contributed by atoms with van der Waals surface area (Å²) in [6, 6.07) is 20.0. The molecule has 0 radical (unpaired) electrons. The molecule has 2 aliphatic heterocycles. The Morgan fingerprint density at radius 1 is 0.181 bits per heavy atom. The average Bonchev–Trinajstić information content (AvgIpc) is 1.56. The third kappa shape index (κ3) is 25.4. The number of unbranched alkanes of at least 4 members (excludes halogenated alkanes) is 40.